The normalized spacial score (nSPS) is 14.9. The molecule has 1 aliphatic carbocycles. The molecule has 0 spiro atoms. The number of aryl methyl sites for hydroxylation is 1. The van der Waals surface area contributed by atoms with Gasteiger partial charge < -0.3 is 4.57 Å². The third-order valence-corrected chi connectivity index (χ3v) is 7.41. The van der Waals surface area contributed by atoms with Gasteiger partial charge in [-0.15, -0.1) is 0 Å². The van der Waals surface area contributed by atoms with Crippen LogP contribution < -0.4 is 0 Å². The first kappa shape index (κ1) is 21.0. The van der Waals surface area contributed by atoms with Crippen LogP contribution >= 0.6 is 0 Å². The Labute approximate surface area is 177 Å². The minimum absolute atomic E-state index is 0.229. The van der Waals surface area contributed by atoms with Gasteiger partial charge in [-0.1, -0.05) is 12.1 Å². The van der Waals surface area contributed by atoms with Gasteiger partial charge in [0.1, 0.15) is 11.6 Å². The van der Waals surface area contributed by atoms with Gasteiger partial charge in [0.05, 0.1) is 22.5 Å². The molecule has 0 radical (unpaired) electrons. The molecule has 4 rings (SSSR count). The van der Waals surface area contributed by atoms with Gasteiger partial charge in [-0.05, 0) is 55.7 Å². The van der Waals surface area contributed by atoms with Crippen molar-refractivity contribution in [3.8, 4) is 0 Å². The number of fused-ring (bicyclic) bond motifs is 1. The van der Waals surface area contributed by atoms with Crippen LogP contribution in [0.25, 0.3) is 11.0 Å². The van der Waals surface area contributed by atoms with Gasteiger partial charge in [0.15, 0.2) is 0 Å². The molecule has 160 valence electrons. The van der Waals surface area contributed by atoms with Crippen molar-refractivity contribution in [2.45, 2.75) is 50.3 Å². The standard InChI is InChI=1S/C22H27FN4O2S/c1-4-27-21-12-11-19(30(28,29)25(2)3)13-20(21)24-22(27)15-26(18-9-10-18)14-16-5-7-17(23)8-6-16/h5-8,11-13,18H,4,9-10,14-15H2,1-3H3. The number of imidazole rings is 1. The maximum atomic E-state index is 13.3. The van der Waals surface area contributed by atoms with E-state index in [0.717, 1.165) is 42.8 Å². The van der Waals surface area contributed by atoms with Gasteiger partial charge in [0, 0.05) is 33.2 Å². The van der Waals surface area contributed by atoms with Crippen LogP contribution in [0, 0.1) is 5.82 Å². The number of hydrogen-bond donors (Lipinski definition) is 0. The van der Waals surface area contributed by atoms with E-state index in [1.54, 1.807) is 12.1 Å². The van der Waals surface area contributed by atoms with Crippen LogP contribution in [0.5, 0.6) is 0 Å². The smallest absolute Gasteiger partial charge is 0.242 e. The van der Waals surface area contributed by atoms with E-state index in [0.29, 0.717) is 18.1 Å². The Morgan fingerprint density at radius 3 is 2.40 bits per heavy atom. The summed E-state index contributed by atoms with van der Waals surface area (Å²) in [5.74, 6) is 0.689. The fourth-order valence-corrected chi connectivity index (χ4v) is 4.69. The lowest BCUT2D eigenvalue weighted by Crippen LogP contribution is -2.26. The Balaban J connectivity index is 1.66. The molecule has 8 heteroatoms. The van der Waals surface area contributed by atoms with Crippen LogP contribution in [0.15, 0.2) is 47.4 Å². The highest BCUT2D eigenvalue weighted by atomic mass is 32.2. The van der Waals surface area contributed by atoms with Crippen molar-refractivity contribution in [2.75, 3.05) is 14.1 Å². The number of halogens is 1. The number of nitrogens with zero attached hydrogens (tertiary/aromatic N) is 4. The molecule has 1 fully saturated rings. The predicted octanol–water partition coefficient (Wildman–Crippen LogP) is 3.61. The molecule has 30 heavy (non-hydrogen) atoms. The Morgan fingerprint density at radius 1 is 1.10 bits per heavy atom. The van der Waals surface area contributed by atoms with Crippen molar-refractivity contribution in [3.05, 3.63) is 59.7 Å². The summed E-state index contributed by atoms with van der Waals surface area (Å²) in [5.41, 5.74) is 2.69. The molecule has 0 unspecified atom stereocenters. The maximum Gasteiger partial charge on any atom is 0.242 e. The summed E-state index contributed by atoms with van der Waals surface area (Å²) in [6.07, 6.45) is 2.30. The molecule has 0 saturated heterocycles. The lowest BCUT2D eigenvalue weighted by Gasteiger charge is -2.22. The minimum Gasteiger partial charge on any atom is -0.327 e. The van der Waals surface area contributed by atoms with Gasteiger partial charge in [0.25, 0.3) is 0 Å². The Kier molecular flexibility index (Phi) is 5.65. The van der Waals surface area contributed by atoms with Crippen LogP contribution in [0.1, 0.15) is 31.2 Å². The summed E-state index contributed by atoms with van der Waals surface area (Å²) in [5, 5.41) is 0. The Morgan fingerprint density at radius 2 is 1.80 bits per heavy atom. The van der Waals surface area contributed by atoms with E-state index in [9.17, 15) is 12.8 Å². The SMILES string of the molecule is CCn1c(CN(Cc2ccc(F)cc2)C2CC2)nc2cc(S(=O)(=O)N(C)C)ccc21. The van der Waals surface area contributed by atoms with Crippen molar-refractivity contribution in [1.29, 1.82) is 0 Å². The summed E-state index contributed by atoms with van der Waals surface area (Å²) in [6, 6.07) is 12.3. The van der Waals surface area contributed by atoms with E-state index in [1.165, 1.54) is 30.5 Å². The number of sulfonamides is 1. The molecular weight excluding hydrogens is 403 g/mol. The van der Waals surface area contributed by atoms with Crippen molar-refractivity contribution in [3.63, 3.8) is 0 Å². The van der Waals surface area contributed by atoms with Crippen LogP contribution in [0.2, 0.25) is 0 Å². The van der Waals surface area contributed by atoms with E-state index < -0.39 is 10.0 Å². The van der Waals surface area contributed by atoms with E-state index >= 15 is 0 Å². The largest absolute Gasteiger partial charge is 0.327 e. The first-order valence-corrected chi connectivity index (χ1v) is 11.6. The third kappa shape index (κ3) is 4.12. The second-order valence-corrected chi connectivity index (χ2v) is 10.1. The Bertz CT molecular complexity index is 1150. The van der Waals surface area contributed by atoms with Crippen molar-refractivity contribution in [2.24, 2.45) is 0 Å². The molecule has 0 aliphatic heterocycles. The highest BCUT2D eigenvalue weighted by molar-refractivity contribution is 7.89. The molecular formula is C22H27FN4O2S. The summed E-state index contributed by atoms with van der Waals surface area (Å²) in [7, 11) is -0.454. The molecule has 0 bridgehead atoms. The number of aromatic nitrogens is 2. The molecule has 0 amide bonds. The second kappa shape index (κ2) is 8.09. The quantitative estimate of drug-likeness (QED) is 0.548. The highest BCUT2D eigenvalue weighted by Crippen LogP contribution is 2.31. The predicted molar refractivity (Wildman–Crippen MR) is 115 cm³/mol. The molecule has 1 heterocycles. The third-order valence-electron chi connectivity index (χ3n) is 5.60. The van der Waals surface area contributed by atoms with Crippen LogP contribution in [0.4, 0.5) is 4.39 Å². The average Bonchev–Trinajstić information content (AvgIpc) is 3.50. The zero-order chi connectivity index (χ0) is 21.5. The molecule has 3 aromatic rings. The van der Waals surface area contributed by atoms with Gasteiger partial charge in [-0.2, -0.15) is 0 Å². The van der Waals surface area contributed by atoms with Crippen LogP contribution in [0.3, 0.4) is 0 Å². The first-order chi connectivity index (χ1) is 14.3. The summed E-state index contributed by atoms with van der Waals surface area (Å²) >= 11 is 0. The van der Waals surface area contributed by atoms with E-state index in [4.69, 9.17) is 4.98 Å². The summed E-state index contributed by atoms with van der Waals surface area (Å²) in [6.45, 7) is 4.22. The zero-order valence-electron chi connectivity index (χ0n) is 17.5. The zero-order valence-corrected chi connectivity index (χ0v) is 18.4. The van der Waals surface area contributed by atoms with Gasteiger partial charge in [-0.3, -0.25) is 4.90 Å². The van der Waals surface area contributed by atoms with E-state index in [-0.39, 0.29) is 10.7 Å². The van der Waals surface area contributed by atoms with Crippen molar-refractivity contribution in [1.82, 2.24) is 18.8 Å². The number of rotatable bonds is 8. The topological polar surface area (TPSA) is 58.4 Å². The second-order valence-electron chi connectivity index (χ2n) is 7.97. The molecule has 1 saturated carbocycles. The van der Waals surface area contributed by atoms with Crippen molar-refractivity contribution < 1.29 is 12.8 Å². The minimum atomic E-state index is -3.51. The van der Waals surface area contributed by atoms with Crippen molar-refractivity contribution >= 4 is 21.1 Å². The lowest BCUT2D eigenvalue weighted by atomic mass is 10.2. The number of benzene rings is 2. The molecule has 6 nitrogen and oxygen atoms in total. The molecule has 0 N–H and O–H groups in total. The molecule has 1 aliphatic rings. The van der Waals surface area contributed by atoms with E-state index in [1.807, 2.05) is 18.2 Å². The molecule has 2 aromatic carbocycles. The lowest BCUT2D eigenvalue weighted by molar-refractivity contribution is 0.236. The average molecular weight is 431 g/mol. The Hall–Kier alpha value is -2.29. The molecule has 0 atom stereocenters. The van der Waals surface area contributed by atoms with Crippen LogP contribution in [-0.2, 0) is 29.7 Å². The maximum absolute atomic E-state index is 13.3. The fourth-order valence-electron chi connectivity index (χ4n) is 3.76. The summed E-state index contributed by atoms with van der Waals surface area (Å²) in [4.78, 5) is 7.42. The van der Waals surface area contributed by atoms with Gasteiger partial charge in [-0.25, -0.2) is 22.1 Å². The number of hydrogen-bond acceptors (Lipinski definition) is 4. The van der Waals surface area contributed by atoms with Gasteiger partial charge >= 0.3 is 0 Å². The van der Waals surface area contributed by atoms with Gasteiger partial charge in [0.2, 0.25) is 10.0 Å². The monoisotopic (exact) mass is 430 g/mol. The highest BCUT2D eigenvalue weighted by Gasteiger charge is 2.30. The first-order valence-electron chi connectivity index (χ1n) is 10.2. The van der Waals surface area contributed by atoms with Crippen LogP contribution in [-0.4, -0.2) is 47.3 Å². The fraction of sp³-hybridized carbons (Fsp3) is 0.409. The van der Waals surface area contributed by atoms with E-state index in [2.05, 4.69) is 16.4 Å². The molecule has 1 aromatic heterocycles. The summed E-state index contributed by atoms with van der Waals surface area (Å²) < 4.78 is 41.6.